The Hall–Kier alpha value is -0.270. The number of amides is 1. The van der Waals surface area contributed by atoms with Crippen LogP contribution in [0.2, 0.25) is 0 Å². The average Bonchev–Trinajstić information content (AvgIpc) is 2.92. The number of thioether (sulfide) groups is 2. The van der Waals surface area contributed by atoms with E-state index in [1.54, 1.807) is 23.1 Å². The predicted octanol–water partition coefficient (Wildman–Crippen LogP) is 3.83. The Morgan fingerprint density at radius 2 is 1.74 bits per heavy atom. The lowest BCUT2D eigenvalue weighted by atomic mass is 9.53. The number of rotatable bonds is 5. The summed E-state index contributed by atoms with van der Waals surface area (Å²) in [5.41, 5.74) is 0.103. The SMILES string of the molecule is CSc1nnc(S[C@H](C)C(=O)NC23CC4CC(CC(C4)C2)C3)s1. The summed E-state index contributed by atoms with van der Waals surface area (Å²) in [4.78, 5) is 12.7. The lowest BCUT2D eigenvalue weighted by molar-refractivity contribution is -0.126. The fraction of sp³-hybridized carbons (Fsp3) is 0.812. The molecule has 1 amide bonds. The van der Waals surface area contributed by atoms with E-state index in [0.717, 1.165) is 26.4 Å². The molecule has 4 nitrogen and oxygen atoms in total. The van der Waals surface area contributed by atoms with E-state index in [1.807, 2.05) is 13.2 Å². The third kappa shape index (κ3) is 3.29. The Morgan fingerprint density at radius 1 is 1.17 bits per heavy atom. The quantitative estimate of drug-likeness (QED) is 0.800. The van der Waals surface area contributed by atoms with Crippen molar-refractivity contribution in [2.45, 2.75) is 64.9 Å². The maximum atomic E-state index is 12.7. The number of carbonyl (C=O) groups is 1. The zero-order valence-electron chi connectivity index (χ0n) is 13.6. The smallest absolute Gasteiger partial charge is 0.233 e. The van der Waals surface area contributed by atoms with Crippen LogP contribution in [0.15, 0.2) is 8.68 Å². The van der Waals surface area contributed by atoms with Crippen molar-refractivity contribution in [1.82, 2.24) is 15.5 Å². The van der Waals surface area contributed by atoms with Gasteiger partial charge in [-0.1, -0.05) is 34.9 Å². The molecule has 4 fully saturated rings. The zero-order valence-corrected chi connectivity index (χ0v) is 16.0. The van der Waals surface area contributed by atoms with Crippen LogP contribution in [0.1, 0.15) is 45.4 Å². The molecule has 4 saturated carbocycles. The topological polar surface area (TPSA) is 54.9 Å². The van der Waals surface area contributed by atoms with Crippen molar-refractivity contribution < 1.29 is 4.79 Å². The van der Waals surface area contributed by atoms with Crippen molar-refractivity contribution in [2.24, 2.45) is 17.8 Å². The van der Waals surface area contributed by atoms with Gasteiger partial charge in [0.15, 0.2) is 8.68 Å². The van der Waals surface area contributed by atoms with Crippen molar-refractivity contribution in [1.29, 1.82) is 0 Å². The van der Waals surface area contributed by atoms with E-state index >= 15 is 0 Å². The van der Waals surface area contributed by atoms with Crippen molar-refractivity contribution in [3.05, 3.63) is 0 Å². The first-order valence-electron chi connectivity index (χ1n) is 8.41. The molecule has 0 aromatic carbocycles. The maximum absolute atomic E-state index is 12.7. The van der Waals surface area contributed by atoms with Crippen LogP contribution in [0, 0.1) is 17.8 Å². The highest BCUT2D eigenvalue weighted by atomic mass is 32.2. The zero-order chi connectivity index (χ0) is 16.0. The molecule has 0 unspecified atom stereocenters. The number of hydrogen-bond donors (Lipinski definition) is 1. The fourth-order valence-corrected chi connectivity index (χ4v) is 7.74. The number of nitrogens with zero attached hydrogens (tertiary/aromatic N) is 2. The molecule has 0 radical (unpaired) electrons. The largest absolute Gasteiger partial charge is 0.350 e. The molecule has 1 N–H and O–H groups in total. The van der Waals surface area contributed by atoms with Gasteiger partial charge in [-0.3, -0.25) is 4.79 Å². The molecule has 0 aliphatic heterocycles. The Bertz CT molecular complexity index is 568. The second-order valence-electron chi connectivity index (χ2n) is 7.49. The molecule has 126 valence electrons. The second-order valence-corrected chi connectivity index (χ2v) is 11.1. The van der Waals surface area contributed by atoms with Gasteiger partial charge in [0.1, 0.15) is 0 Å². The summed E-state index contributed by atoms with van der Waals surface area (Å²) in [5.74, 6) is 2.75. The van der Waals surface area contributed by atoms with Gasteiger partial charge in [-0.15, -0.1) is 10.2 Å². The summed E-state index contributed by atoms with van der Waals surface area (Å²) in [5, 5.41) is 11.6. The van der Waals surface area contributed by atoms with Gasteiger partial charge in [0.2, 0.25) is 5.91 Å². The van der Waals surface area contributed by atoms with Crippen LogP contribution < -0.4 is 5.32 Å². The first kappa shape index (κ1) is 16.2. The Balaban J connectivity index is 1.39. The minimum Gasteiger partial charge on any atom is -0.350 e. The van der Waals surface area contributed by atoms with E-state index < -0.39 is 0 Å². The molecule has 23 heavy (non-hydrogen) atoms. The van der Waals surface area contributed by atoms with Crippen molar-refractivity contribution in [2.75, 3.05) is 6.26 Å². The van der Waals surface area contributed by atoms with E-state index in [-0.39, 0.29) is 16.7 Å². The Kier molecular flexibility index (Phi) is 4.39. The van der Waals surface area contributed by atoms with Gasteiger partial charge >= 0.3 is 0 Å². The molecular formula is C16H23N3OS3. The van der Waals surface area contributed by atoms with Crippen LogP contribution in [0.3, 0.4) is 0 Å². The molecule has 4 bridgehead atoms. The van der Waals surface area contributed by atoms with Crippen LogP contribution in [-0.2, 0) is 4.79 Å². The average molecular weight is 370 g/mol. The van der Waals surface area contributed by atoms with Crippen LogP contribution in [0.5, 0.6) is 0 Å². The lowest BCUT2D eigenvalue weighted by Crippen LogP contribution is -2.60. The first-order valence-corrected chi connectivity index (χ1v) is 11.3. The molecule has 1 atom stereocenters. The Labute approximate surface area is 150 Å². The molecule has 4 aliphatic carbocycles. The number of aromatic nitrogens is 2. The predicted molar refractivity (Wildman–Crippen MR) is 96.1 cm³/mol. The van der Waals surface area contributed by atoms with Crippen LogP contribution in [-0.4, -0.2) is 33.1 Å². The van der Waals surface area contributed by atoms with Gasteiger partial charge in [0.05, 0.1) is 5.25 Å². The molecule has 1 aromatic rings. The summed E-state index contributed by atoms with van der Waals surface area (Å²) < 4.78 is 1.85. The third-order valence-corrected chi connectivity index (χ3v) is 8.72. The second kappa shape index (κ2) is 6.23. The molecular weight excluding hydrogens is 346 g/mol. The van der Waals surface area contributed by atoms with E-state index in [2.05, 4.69) is 15.5 Å². The summed E-state index contributed by atoms with van der Waals surface area (Å²) in [6, 6.07) is 0. The third-order valence-electron chi connectivity index (χ3n) is 5.64. The van der Waals surface area contributed by atoms with Crippen LogP contribution in [0.4, 0.5) is 0 Å². The molecule has 0 spiro atoms. The minimum absolute atomic E-state index is 0.103. The fourth-order valence-electron chi connectivity index (χ4n) is 5.16. The molecule has 4 aliphatic rings. The van der Waals surface area contributed by atoms with Crippen molar-refractivity contribution >= 4 is 40.8 Å². The lowest BCUT2D eigenvalue weighted by Gasteiger charge is -2.57. The number of carbonyl (C=O) groups excluding carboxylic acids is 1. The first-order chi connectivity index (χ1) is 11.0. The number of nitrogens with one attached hydrogen (secondary N) is 1. The highest BCUT2D eigenvalue weighted by Crippen LogP contribution is 2.55. The molecule has 7 heteroatoms. The molecule has 5 rings (SSSR count). The molecule has 0 saturated heterocycles. The van der Waals surface area contributed by atoms with Crippen molar-refractivity contribution in [3.8, 4) is 0 Å². The molecule has 1 aromatic heterocycles. The van der Waals surface area contributed by atoms with Crippen molar-refractivity contribution in [3.63, 3.8) is 0 Å². The summed E-state index contributed by atoms with van der Waals surface area (Å²) in [7, 11) is 0. The summed E-state index contributed by atoms with van der Waals surface area (Å²) >= 11 is 4.71. The van der Waals surface area contributed by atoms with E-state index in [1.165, 1.54) is 50.3 Å². The van der Waals surface area contributed by atoms with Gasteiger partial charge in [-0.25, -0.2) is 0 Å². The van der Waals surface area contributed by atoms with E-state index in [0.29, 0.717) is 0 Å². The minimum atomic E-state index is -0.106. The monoisotopic (exact) mass is 369 g/mol. The highest BCUT2D eigenvalue weighted by Gasteiger charge is 2.51. The van der Waals surface area contributed by atoms with E-state index in [4.69, 9.17) is 0 Å². The van der Waals surface area contributed by atoms with Gasteiger partial charge in [-0.05, 0) is 69.5 Å². The normalized spacial score (nSPS) is 36.2. The standard InChI is InChI=1S/C16H23N3OS3/c1-9(22-15-19-18-14(21-2)23-15)13(20)17-16-6-10-3-11(7-16)5-12(4-10)8-16/h9-12H,3-8H2,1-2H3,(H,17,20)/t9-,10?,11?,12?,16?/m1/s1. The van der Waals surface area contributed by atoms with Gasteiger partial charge in [0, 0.05) is 5.54 Å². The van der Waals surface area contributed by atoms with Gasteiger partial charge in [0.25, 0.3) is 0 Å². The summed E-state index contributed by atoms with van der Waals surface area (Å²) in [6.45, 7) is 1.99. The van der Waals surface area contributed by atoms with Gasteiger partial charge in [-0.2, -0.15) is 0 Å². The van der Waals surface area contributed by atoms with E-state index in [9.17, 15) is 4.79 Å². The maximum Gasteiger partial charge on any atom is 0.233 e. The van der Waals surface area contributed by atoms with Crippen LogP contribution in [0.25, 0.3) is 0 Å². The molecule has 1 heterocycles. The number of hydrogen-bond acceptors (Lipinski definition) is 6. The highest BCUT2D eigenvalue weighted by molar-refractivity contribution is 8.03. The Morgan fingerprint density at radius 3 is 2.26 bits per heavy atom. The summed E-state index contributed by atoms with van der Waals surface area (Å²) in [6.07, 6.45) is 9.83. The van der Waals surface area contributed by atoms with Gasteiger partial charge < -0.3 is 5.32 Å². The van der Waals surface area contributed by atoms with Crippen LogP contribution >= 0.6 is 34.9 Å².